The van der Waals surface area contributed by atoms with E-state index >= 15 is 0 Å². The molecule has 0 spiro atoms. The van der Waals surface area contributed by atoms with E-state index < -0.39 is 0 Å². The Bertz CT molecular complexity index is 292. The normalized spacial score (nSPS) is 9.08. The molecule has 1 aromatic rings. The average molecular weight is 166 g/mol. The standard InChI is InChI=1S/C8H8NO3/c1-12-9(11)8-4-2-7(6-10)3-5-8/h2-6H,1H3/q+1. The van der Waals surface area contributed by atoms with Crippen molar-refractivity contribution < 1.29 is 14.6 Å². The van der Waals surface area contributed by atoms with E-state index in [1.807, 2.05) is 0 Å². The summed E-state index contributed by atoms with van der Waals surface area (Å²) in [5, 5.41) is 0. The molecule has 12 heavy (non-hydrogen) atoms. The smallest absolute Gasteiger partial charge is 0.298 e. The second-order valence-corrected chi connectivity index (χ2v) is 2.15. The van der Waals surface area contributed by atoms with Gasteiger partial charge in [-0.2, -0.15) is 0 Å². The number of carbonyl (C=O) groups is 1. The lowest BCUT2D eigenvalue weighted by Crippen LogP contribution is -1.97. The predicted octanol–water partition coefficient (Wildman–Crippen LogP) is 1.47. The van der Waals surface area contributed by atoms with Gasteiger partial charge in [-0.1, -0.05) is 0 Å². The van der Waals surface area contributed by atoms with Gasteiger partial charge in [0.15, 0.2) is 7.11 Å². The van der Waals surface area contributed by atoms with Crippen LogP contribution >= 0.6 is 0 Å². The van der Waals surface area contributed by atoms with Crippen molar-refractivity contribution in [2.45, 2.75) is 0 Å². The van der Waals surface area contributed by atoms with Gasteiger partial charge in [-0.05, 0) is 12.1 Å². The van der Waals surface area contributed by atoms with E-state index in [0.29, 0.717) is 22.5 Å². The Labute approximate surface area is 69.3 Å². The fourth-order valence-electron chi connectivity index (χ4n) is 0.780. The number of carbonyl (C=O) groups excluding carboxylic acids is 1. The quantitative estimate of drug-likeness (QED) is 0.504. The van der Waals surface area contributed by atoms with E-state index in [1.54, 1.807) is 12.1 Å². The molecular formula is C8H8NO3+. The third-order valence-corrected chi connectivity index (χ3v) is 1.41. The van der Waals surface area contributed by atoms with Gasteiger partial charge in [0.05, 0.1) is 4.91 Å². The van der Waals surface area contributed by atoms with Crippen LogP contribution in [-0.4, -0.2) is 18.3 Å². The molecule has 62 valence electrons. The van der Waals surface area contributed by atoms with Crippen molar-refractivity contribution in [1.29, 1.82) is 0 Å². The summed E-state index contributed by atoms with van der Waals surface area (Å²) in [5.41, 5.74) is 0.895. The maximum absolute atomic E-state index is 10.8. The predicted molar refractivity (Wildman–Crippen MR) is 42.1 cm³/mol. The molecule has 0 heterocycles. The number of benzene rings is 1. The van der Waals surface area contributed by atoms with Crippen LogP contribution in [0.3, 0.4) is 0 Å². The number of rotatable bonds is 3. The van der Waals surface area contributed by atoms with Crippen molar-refractivity contribution in [3.05, 3.63) is 34.7 Å². The van der Waals surface area contributed by atoms with Crippen molar-refractivity contribution in [1.82, 2.24) is 0 Å². The molecule has 0 aliphatic rings. The zero-order valence-corrected chi connectivity index (χ0v) is 6.56. The molecule has 0 aliphatic heterocycles. The second kappa shape index (κ2) is 3.61. The van der Waals surface area contributed by atoms with Crippen molar-refractivity contribution in [3.8, 4) is 0 Å². The van der Waals surface area contributed by atoms with Crippen LogP contribution < -0.4 is 0 Å². The van der Waals surface area contributed by atoms with Gasteiger partial charge in [-0.25, -0.2) is 4.84 Å². The Morgan fingerprint density at radius 1 is 1.33 bits per heavy atom. The Morgan fingerprint density at radius 3 is 2.33 bits per heavy atom. The molecule has 4 nitrogen and oxygen atoms in total. The summed E-state index contributed by atoms with van der Waals surface area (Å²) in [6, 6.07) is 6.12. The molecule has 0 atom stereocenters. The van der Waals surface area contributed by atoms with E-state index in [0.717, 1.165) is 0 Å². The summed E-state index contributed by atoms with van der Waals surface area (Å²) in [5.74, 6) is 0. The lowest BCUT2D eigenvalue weighted by molar-refractivity contribution is -0.736. The van der Waals surface area contributed by atoms with E-state index in [-0.39, 0.29) is 0 Å². The fraction of sp³-hybridized carbons (Fsp3) is 0.125. The van der Waals surface area contributed by atoms with E-state index in [9.17, 15) is 9.70 Å². The van der Waals surface area contributed by atoms with Gasteiger partial charge in [-0.15, -0.1) is 0 Å². The summed E-state index contributed by atoms with van der Waals surface area (Å²) in [6.45, 7) is 0. The zero-order valence-electron chi connectivity index (χ0n) is 6.56. The maximum atomic E-state index is 10.8. The molecule has 1 aromatic carbocycles. The lowest BCUT2D eigenvalue weighted by Gasteiger charge is -1.88. The van der Waals surface area contributed by atoms with Gasteiger partial charge >= 0.3 is 5.69 Å². The highest BCUT2D eigenvalue weighted by molar-refractivity contribution is 5.75. The van der Waals surface area contributed by atoms with Gasteiger partial charge in [0.2, 0.25) is 0 Å². The summed E-state index contributed by atoms with van der Waals surface area (Å²) in [7, 11) is 1.28. The highest BCUT2D eigenvalue weighted by Crippen LogP contribution is 2.11. The van der Waals surface area contributed by atoms with Crippen LogP contribution in [0, 0.1) is 4.91 Å². The minimum Gasteiger partial charge on any atom is -0.298 e. The van der Waals surface area contributed by atoms with Crippen LogP contribution in [0.1, 0.15) is 10.4 Å². The molecular weight excluding hydrogens is 158 g/mol. The molecule has 0 saturated carbocycles. The molecule has 0 fully saturated rings. The first-order valence-electron chi connectivity index (χ1n) is 3.34. The molecule has 4 heteroatoms. The Morgan fingerprint density at radius 2 is 1.92 bits per heavy atom. The maximum Gasteiger partial charge on any atom is 0.316 e. The van der Waals surface area contributed by atoms with E-state index in [4.69, 9.17) is 0 Å². The van der Waals surface area contributed by atoms with Crippen LogP contribution in [-0.2, 0) is 4.84 Å². The number of aldehydes is 1. The van der Waals surface area contributed by atoms with Crippen LogP contribution in [0.15, 0.2) is 24.3 Å². The first-order chi connectivity index (χ1) is 5.77. The average Bonchev–Trinajstić information content (AvgIpc) is 2.17. The molecule has 0 radical (unpaired) electrons. The third-order valence-electron chi connectivity index (χ3n) is 1.41. The van der Waals surface area contributed by atoms with Crippen LogP contribution in [0.5, 0.6) is 0 Å². The number of hydrogen-bond donors (Lipinski definition) is 0. The molecule has 0 aromatic heterocycles. The summed E-state index contributed by atoms with van der Waals surface area (Å²) >= 11 is 0. The second-order valence-electron chi connectivity index (χ2n) is 2.15. The minimum absolute atomic E-state index is 0.364. The van der Waals surface area contributed by atoms with E-state index in [2.05, 4.69) is 4.84 Å². The summed E-state index contributed by atoms with van der Waals surface area (Å²) < 4.78 is 0. The van der Waals surface area contributed by atoms with Crippen molar-refractivity contribution in [2.75, 3.05) is 7.11 Å². The monoisotopic (exact) mass is 166 g/mol. The first kappa shape index (κ1) is 8.39. The van der Waals surface area contributed by atoms with Crippen LogP contribution in [0.25, 0.3) is 0 Å². The molecule has 0 unspecified atom stereocenters. The van der Waals surface area contributed by atoms with Gasteiger partial charge in [0, 0.05) is 17.7 Å². The number of hydrogen-bond acceptors (Lipinski definition) is 3. The molecule has 0 amide bonds. The summed E-state index contributed by atoms with van der Waals surface area (Å²) in [6.07, 6.45) is 0.714. The molecule has 0 bridgehead atoms. The fourth-order valence-corrected chi connectivity index (χ4v) is 0.780. The topological polar surface area (TPSA) is 46.4 Å². The Kier molecular flexibility index (Phi) is 2.53. The van der Waals surface area contributed by atoms with Crippen LogP contribution in [0.2, 0.25) is 0 Å². The summed E-state index contributed by atoms with van der Waals surface area (Å²) in [4.78, 5) is 25.8. The molecule has 0 saturated heterocycles. The van der Waals surface area contributed by atoms with Crippen molar-refractivity contribution in [3.63, 3.8) is 0 Å². The molecule has 1 rings (SSSR count). The Balaban J connectivity index is 2.91. The number of nitrogens with zero attached hydrogens (tertiary/aromatic N) is 1. The van der Waals surface area contributed by atoms with Crippen molar-refractivity contribution >= 4 is 12.0 Å². The highest BCUT2D eigenvalue weighted by atomic mass is 16.8. The molecule has 0 N–H and O–H groups in total. The van der Waals surface area contributed by atoms with Crippen LogP contribution in [0.4, 0.5) is 5.69 Å². The highest BCUT2D eigenvalue weighted by Gasteiger charge is 2.12. The van der Waals surface area contributed by atoms with E-state index in [1.165, 1.54) is 19.2 Å². The van der Waals surface area contributed by atoms with Gasteiger partial charge in [0.25, 0.3) is 4.92 Å². The lowest BCUT2D eigenvalue weighted by atomic mass is 10.2. The largest absolute Gasteiger partial charge is 0.316 e. The van der Waals surface area contributed by atoms with Gasteiger partial charge in [-0.3, -0.25) is 4.79 Å². The SMILES string of the molecule is CO[N+](=O)c1ccc(C=O)cc1. The first-order valence-corrected chi connectivity index (χ1v) is 3.34. The third kappa shape index (κ3) is 1.66. The van der Waals surface area contributed by atoms with Crippen molar-refractivity contribution in [2.24, 2.45) is 0 Å². The van der Waals surface area contributed by atoms with Gasteiger partial charge in [0.1, 0.15) is 6.29 Å². The van der Waals surface area contributed by atoms with Gasteiger partial charge < -0.3 is 0 Å². The Hall–Kier alpha value is -1.71. The zero-order chi connectivity index (χ0) is 8.97. The minimum atomic E-state index is 0.364. The molecule has 0 aliphatic carbocycles.